The van der Waals surface area contributed by atoms with Gasteiger partial charge in [-0.05, 0) is 17.7 Å². The maximum absolute atomic E-state index is 4.39. The maximum atomic E-state index is 4.39. The summed E-state index contributed by atoms with van der Waals surface area (Å²) in [6, 6.07) is 8.53. The molecule has 2 rings (SSSR count). The van der Waals surface area contributed by atoms with E-state index in [4.69, 9.17) is 0 Å². The van der Waals surface area contributed by atoms with E-state index >= 15 is 0 Å². The fraction of sp³-hybridized carbons (Fsp3) is 0.300. The highest BCUT2D eigenvalue weighted by Gasteiger charge is 2.07. The van der Waals surface area contributed by atoms with Gasteiger partial charge in [0.2, 0.25) is 0 Å². The summed E-state index contributed by atoms with van der Waals surface area (Å²) < 4.78 is 2.06. The Morgan fingerprint density at radius 1 is 1.38 bits per heavy atom. The lowest BCUT2D eigenvalue weighted by Crippen LogP contribution is -2.20. The second-order valence-corrected chi connectivity index (χ2v) is 7.11. The lowest BCUT2D eigenvalue weighted by atomic mass is 10.1. The highest BCUT2D eigenvalue weighted by molar-refractivity contribution is 14.2. The van der Waals surface area contributed by atoms with Crippen molar-refractivity contribution in [1.29, 1.82) is 0 Å². The summed E-state index contributed by atoms with van der Waals surface area (Å²) in [6.45, 7) is 1.90. The number of nitrogens with zero attached hydrogens (tertiary/aromatic N) is 2. The largest absolute Gasteiger partial charge is 0.372 e. The van der Waals surface area contributed by atoms with Gasteiger partial charge in [-0.1, -0.05) is 12.1 Å². The number of hydrogen-bond donors (Lipinski definition) is 1. The number of nitrogens with one attached hydrogen (secondary N) is 1. The van der Waals surface area contributed by atoms with Crippen molar-refractivity contribution < 1.29 is 0 Å². The van der Waals surface area contributed by atoms with Crippen molar-refractivity contribution in [3.63, 3.8) is 0 Å². The molecule has 0 fully saturated rings. The van der Waals surface area contributed by atoms with Gasteiger partial charge in [0.05, 0.1) is 58.0 Å². The minimum atomic E-state index is 0. The van der Waals surface area contributed by atoms with Crippen molar-refractivity contribution >= 4 is 69.7 Å². The fourth-order valence-electron chi connectivity index (χ4n) is 1.53. The molecule has 0 amide bonds. The van der Waals surface area contributed by atoms with E-state index in [0.29, 0.717) is 0 Å². The number of rotatable bonds is 3. The molecule has 0 aromatic heterocycles. The standard InChI is InChI=1S/C10H11I2N3.ClH/c11-15(12)9-3-1-2-8(6-9)7-10-13-4-5-14-10;/h1-3,6H,4-5,7H2,(H,13,14);1H. The Morgan fingerprint density at radius 3 is 2.81 bits per heavy atom. The zero-order valence-corrected chi connectivity index (χ0v) is 13.6. The average Bonchev–Trinajstić information content (AvgIpc) is 2.71. The molecule has 1 aliphatic heterocycles. The van der Waals surface area contributed by atoms with Crippen LogP contribution in [-0.4, -0.2) is 18.9 Å². The second kappa shape index (κ2) is 6.85. The normalized spacial score (nSPS) is 13.8. The Hall–Kier alpha value is 0.240. The van der Waals surface area contributed by atoms with E-state index in [1.165, 1.54) is 11.3 Å². The summed E-state index contributed by atoms with van der Waals surface area (Å²) in [5, 5.41) is 3.29. The van der Waals surface area contributed by atoms with Crippen LogP contribution in [0.1, 0.15) is 5.56 Å². The summed E-state index contributed by atoms with van der Waals surface area (Å²) in [4.78, 5) is 4.39. The van der Waals surface area contributed by atoms with Gasteiger partial charge in [-0.2, -0.15) is 0 Å². The zero-order valence-electron chi connectivity index (χ0n) is 8.49. The Bertz CT molecular complexity index is 382. The number of amidine groups is 1. The van der Waals surface area contributed by atoms with Crippen molar-refractivity contribution in [2.24, 2.45) is 4.99 Å². The quantitative estimate of drug-likeness (QED) is 0.551. The van der Waals surface area contributed by atoms with Gasteiger partial charge in [-0.3, -0.25) is 6.32 Å². The molecule has 0 saturated heterocycles. The molecule has 88 valence electrons. The van der Waals surface area contributed by atoms with Gasteiger partial charge in [0.1, 0.15) is 5.84 Å². The van der Waals surface area contributed by atoms with E-state index in [1.54, 1.807) is 0 Å². The van der Waals surface area contributed by atoms with Crippen molar-refractivity contribution in [1.82, 2.24) is 5.32 Å². The number of anilines is 1. The molecule has 3 nitrogen and oxygen atoms in total. The number of halogens is 3. The summed E-state index contributed by atoms with van der Waals surface area (Å²) in [5.74, 6) is 1.11. The molecule has 0 atom stereocenters. The Morgan fingerprint density at radius 2 is 2.19 bits per heavy atom. The van der Waals surface area contributed by atoms with Gasteiger partial charge in [0.15, 0.2) is 0 Å². The molecule has 16 heavy (non-hydrogen) atoms. The number of aliphatic imine (C=N–C) groups is 1. The molecule has 0 aliphatic carbocycles. The van der Waals surface area contributed by atoms with Crippen LogP contribution in [0.15, 0.2) is 29.3 Å². The highest BCUT2D eigenvalue weighted by atomic mass is 127. The first-order chi connectivity index (χ1) is 7.25. The van der Waals surface area contributed by atoms with Crippen LogP contribution in [0.2, 0.25) is 0 Å². The van der Waals surface area contributed by atoms with E-state index in [0.717, 1.165) is 25.3 Å². The van der Waals surface area contributed by atoms with Crippen LogP contribution < -0.4 is 6.64 Å². The van der Waals surface area contributed by atoms with Crippen LogP contribution >= 0.6 is 58.1 Å². The lowest BCUT2D eigenvalue weighted by Gasteiger charge is -2.09. The molecule has 0 bridgehead atoms. The summed E-state index contributed by atoms with van der Waals surface area (Å²) in [5.41, 5.74) is 2.52. The topological polar surface area (TPSA) is 27.6 Å². The third-order valence-corrected chi connectivity index (χ3v) is 3.33. The smallest absolute Gasteiger partial charge is 0.101 e. The number of benzene rings is 1. The van der Waals surface area contributed by atoms with Crippen LogP contribution in [0.4, 0.5) is 5.69 Å². The molecule has 0 spiro atoms. The second-order valence-electron chi connectivity index (χ2n) is 3.33. The maximum Gasteiger partial charge on any atom is 0.101 e. The van der Waals surface area contributed by atoms with Crippen LogP contribution in [0.3, 0.4) is 0 Å². The van der Waals surface area contributed by atoms with Gasteiger partial charge in [-0.15, -0.1) is 12.4 Å². The predicted molar refractivity (Wildman–Crippen MR) is 88.2 cm³/mol. The van der Waals surface area contributed by atoms with E-state index < -0.39 is 0 Å². The molecule has 6 heteroatoms. The summed E-state index contributed by atoms with van der Waals surface area (Å²) in [6.07, 6.45) is 0.912. The predicted octanol–water partition coefficient (Wildman–Crippen LogP) is 3.16. The molecule has 1 heterocycles. The Labute approximate surface area is 129 Å². The molecule has 0 saturated carbocycles. The molecule has 1 aliphatic rings. The van der Waals surface area contributed by atoms with Crippen molar-refractivity contribution in [3.8, 4) is 0 Å². The van der Waals surface area contributed by atoms with Crippen LogP contribution in [0.25, 0.3) is 0 Å². The highest BCUT2D eigenvalue weighted by Crippen LogP contribution is 2.23. The molecule has 1 N–H and O–H groups in total. The van der Waals surface area contributed by atoms with Crippen molar-refractivity contribution in [2.75, 3.05) is 14.4 Å². The van der Waals surface area contributed by atoms with Gasteiger partial charge in [0.25, 0.3) is 0 Å². The van der Waals surface area contributed by atoms with Crippen LogP contribution in [0.5, 0.6) is 0 Å². The monoisotopic (exact) mass is 463 g/mol. The average molecular weight is 463 g/mol. The minimum absolute atomic E-state index is 0. The van der Waals surface area contributed by atoms with E-state index in [-0.39, 0.29) is 12.4 Å². The van der Waals surface area contributed by atoms with E-state index in [9.17, 15) is 0 Å². The first-order valence-electron chi connectivity index (χ1n) is 4.73. The van der Waals surface area contributed by atoms with Gasteiger partial charge < -0.3 is 5.32 Å². The molecule has 1 aromatic rings. The molecular formula is C10H12ClI2N3. The summed E-state index contributed by atoms with van der Waals surface area (Å²) in [7, 11) is 0. The first kappa shape index (κ1) is 14.3. The van der Waals surface area contributed by atoms with E-state index in [1.807, 2.05) is 0 Å². The molecule has 1 aromatic carbocycles. The lowest BCUT2D eigenvalue weighted by molar-refractivity contribution is 0.953. The Balaban J connectivity index is 0.00000128. The fourth-order valence-corrected chi connectivity index (χ4v) is 2.13. The third kappa shape index (κ3) is 3.92. The van der Waals surface area contributed by atoms with Gasteiger partial charge >= 0.3 is 0 Å². The Kier molecular flexibility index (Phi) is 6.12. The SMILES string of the molecule is Cl.IN(I)c1cccc(CC2=NCCN2)c1. The minimum Gasteiger partial charge on any atom is -0.372 e. The van der Waals surface area contributed by atoms with E-state index in [2.05, 4.69) is 81.6 Å². The molecular weight excluding hydrogens is 451 g/mol. The van der Waals surface area contributed by atoms with Gasteiger partial charge in [-0.25, -0.2) is 0 Å². The molecule has 0 radical (unpaired) electrons. The first-order valence-corrected chi connectivity index (χ1v) is 6.66. The van der Waals surface area contributed by atoms with Crippen molar-refractivity contribution in [2.45, 2.75) is 6.42 Å². The molecule has 0 unspecified atom stereocenters. The summed E-state index contributed by atoms with van der Waals surface area (Å²) >= 11 is 4.53. The van der Waals surface area contributed by atoms with Gasteiger partial charge in [0, 0.05) is 13.0 Å². The van der Waals surface area contributed by atoms with Crippen LogP contribution in [0, 0.1) is 0 Å². The zero-order chi connectivity index (χ0) is 10.7. The number of hydrogen-bond acceptors (Lipinski definition) is 3. The van der Waals surface area contributed by atoms with Crippen LogP contribution in [-0.2, 0) is 6.42 Å². The van der Waals surface area contributed by atoms with Crippen molar-refractivity contribution in [3.05, 3.63) is 29.8 Å². The third-order valence-electron chi connectivity index (χ3n) is 2.22.